The first-order chi connectivity index (χ1) is 6.07. The van der Waals surface area contributed by atoms with Gasteiger partial charge in [-0.25, -0.2) is 0 Å². The van der Waals surface area contributed by atoms with Crippen LogP contribution in [-0.2, 0) is 4.79 Å². The van der Waals surface area contributed by atoms with Crippen LogP contribution in [0.25, 0.3) is 0 Å². The van der Waals surface area contributed by atoms with Crippen LogP contribution in [0.3, 0.4) is 0 Å². The molecule has 0 aromatic rings. The Morgan fingerprint density at radius 2 is 1.54 bits per heavy atom. The van der Waals surface area contributed by atoms with Gasteiger partial charge < -0.3 is 5.11 Å². The summed E-state index contributed by atoms with van der Waals surface area (Å²) in [5, 5.41) is 8.36. The van der Waals surface area contributed by atoms with Crippen molar-refractivity contribution in [3.05, 3.63) is 0 Å². The second-order valence-corrected chi connectivity index (χ2v) is 2.81. The third kappa shape index (κ3) is 2.32. The monoisotopic (exact) mass is 202 g/mol. The van der Waals surface area contributed by atoms with Gasteiger partial charge in [0.2, 0.25) is 0 Å². The molecule has 0 saturated carbocycles. The summed E-state index contributed by atoms with van der Waals surface area (Å²) in [4.78, 5) is 10.3. The Morgan fingerprint density at radius 1 is 1.15 bits per heavy atom. The number of carboxylic acids is 1. The quantitative estimate of drug-likeness (QED) is 0.663. The molecule has 0 amide bonds. The maximum atomic E-state index is 12.2. The summed E-state index contributed by atoms with van der Waals surface area (Å²) in [5.74, 6) is -3.69. The summed E-state index contributed by atoms with van der Waals surface area (Å²) in [6.45, 7) is -6.06. The van der Waals surface area contributed by atoms with Gasteiger partial charge in [-0.15, -0.1) is 0 Å². The number of hydrogen-bond acceptors (Lipinski definition) is 1. The minimum absolute atomic E-state index is 1.48. The Balaban J connectivity index is 4.76. The molecular weight excluding hydrogens is 192 g/mol. The number of rotatable bonds is 6. The van der Waals surface area contributed by atoms with Crippen molar-refractivity contribution in [1.82, 2.24) is 0 Å². The topological polar surface area (TPSA) is 37.3 Å². The van der Waals surface area contributed by atoms with Gasteiger partial charge in [0.25, 0.3) is 0 Å². The molecule has 0 aliphatic carbocycles. The smallest absolute Gasteiger partial charge is 0.310 e. The second-order valence-electron chi connectivity index (χ2n) is 2.81. The summed E-state index contributed by atoms with van der Waals surface area (Å²) >= 11 is 0. The Morgan fingerprint density at radius 3 is 1.62 bits per heavy atom. The van der Waals surface area contributed by atoms with Gasteiger partial charge >= 0.3 is 5.97 Å². The molecule has 0 aliphatic rings. The van der Waals surface area contributed by atoms with Crippen molar-refractivity contribution in [3.63, 3.8) is 0 Å². The van der Waals surface area contributed by atoms with E-state index in [0.29, 0.717) is 0 Å². The SMILES string of the molecule is O=C(O)C(CF)C(CF)(CF)CF. The molecule has 1 N–H and O–H groups in total. The normalized spacial score (nSPS) is 14.2. The molecule has 78 valence electrons. The predicted octanol–water partition coefficient (Wildman–Crippen LogP) is 1.55. The van der Waals surface area contributed by atoms with E-state index in [1.165, 1.54) is 0 Å². The first-order valence-corrected chi connectivity index (χ1v) is 3.54. The maximum absolute atomic E-state index is 12.2. The fraction of sp³-hybridized carbons (Fsp3) is 0.857. The van der Waals surface area contributed by atoms with E-state index in [0.717, 1.165) is 0 Å². The van der Waals surface area contributed by atoms with E-state index in [1.54, 1.807) is 0 Å². The number of aliphatic carboxylic acids is 1. The fourth-order valence-corrected chi connectivity index (χ4v) is 0.878. The van der Waals surface area contributed by atoms with Crippen LogP contribution in [-0.4, -0.2) is 37.8 Å². The van der Waals surface area contributed by atoms with E-state index in [-0.39, 0.29) is 0 Å². The standard InChI is InChI=1S/C7H10F4O2/c8-1-5(6(12)13)7(2-9,3-10)4-11/h5H,1-4H2,(H,12,13). The van der Waals surface area contributed by atoms with Gasteiger partial charge in [0.1, 0.15) is 26.7 Å². The zero-order valence-corrected chi connectivity index (χ0v) is 6.77. The van der Waals surface area contributed by atoms with Crippen LogP contribution in [0.5, 0.6) is 0 Å². The molecule has 13 heavy (non-hydrogen) atoms. The maximum Gasteiger partial charge on any atom is 0.310 e. The van der Waals surface area contributed by atoms with Gasteiger partial charge in [-0.2, -0.15) is 0 Å². The summed E-state index contributed by atoms with van der Waals surface area (Å²) in [6, 6.07) is 0. The van der Waals surface area contributed by atoms with Crippen molar-refractivity contribution >= 4 is 5.97 Å². The Bertz CT molecular complexity index is 162. The van der Waals surface area contributed by atoms with Gasteiger partial charge in [-0.1, -0.05) is 0 Å². The van der Waals surface area contributed by atoms with Crippen molar-refractivity contribution < 1.29 is 27.5 Å². The van der Waals surface area contributed by atoms with Crippen molar-refractivity contribution in [2.45, 2.75) is 0 Å². The Labute approximate surface area is 72.5 Å². The molecule has 0 rings (SSSR count). The first kappa shape index (κ1) is 12.2. The summed E-state index contributed by atoms with van der Waals surface area (Å²) < 4.78 is 48.7. The van der Waals surface area contributed by atoms with E-state index in [4.69, 9.17) is 5.11 Å². The summed E-state index contributed by atoms with van der Waals surface area (Å²) in [7, 11) is 0. The molecule has 0 saturated heterocycles. The Hall–Kier alpha value is -0.810. The van der Waals surface area contributed by atoms with Crippen LogP contribution < -0.4 is 0 Å². The lowest BCUT2D eigenvalue weighted by Crippen LogP contribution is -2.43. The molecule has 0 radical (unpaired) electrons. The number of carbonyl (C=O) groups is 1. The zero-order chi connectivity index (χ0) is 10.5. The Kier molecular flexibility index (Phi) is 4.72. The highest BCUT2D eigenvalue weighted by molar-refractivity contribution is 5.71. The first-order valence-electron chi connectivity index (χ1n) is 3.54. The van der Waals surface area contributed by atoms with Gasteiger partial charge in [-0.3, -0.25) is 22.4 Å². The fourth-order valence-electron chi connectivity index (χ4n) is 0.878. The molecule has 0 fully saturated rings. The number of alkyl halides is 4. The van der Waals surface area contributed by atoms with E-state index in [2.05, 4.69) is 0 Å². The van der Waals surface area contributed by atoms with Crippen LogP contribution in [0, 0.1) is 11.3 Å². The van der Waals surface area contributed by atoms with Crippen LogP contribution in [0.4, 0.5) is 17.6 Å². The molecule has 0 bridgehead atoms. The van der Waals surface area contributed by atoms with Crippen LogP contribution in [0.15, 0.2) is 0 Å². The lowest BCUT2D eigenvalue weighted by Gasteiger charge is -2.28. The summed E-state index contributed by atoms with van der Waals surface area (Å²) in [6.07, 6.45) is 0. The minimum atomic E-state index is -2.36. The number of hydrogen-bond donors (Lipinski definition) is 1. The molecule has 2 nitrogen and oxygen atoms in total. The third-order valence-electron chi connectivity index (χ3n) is 1.99. The van der Waals surface area contributed by atoms with Crippen LogP contribution in [0.2, 0.25) is 0 Å². The molecule has 0 heterocycles. The van der Waals surface area contributed by atoms with Crippen molar-refractivity contribution in [3.8, 4) is 0 Å². The molecule has 1 unspecified atom stereocenters. The van der Waals surface area contributed by atoms with Crippen molar-refractivity contribution in [2.75, 3.05) is 26.7 Å². The predicted molar refractivity (Wildman–Crippen MR) is 37.5 cm³/mol. The van der Waals surface area contributed by atoms with Crippen molar-refractivity contribution in [1.29, 1.82) is 0 Å². The van der Waals surface area contributed by atoms with Gasteiger partial charge in [0, 0.05) is 0 Å². The number of carboxylic acid groups (broad SMARTS) is 1. The average Bonchev–Trinajstić information content (AvgIpc) is 2.13. The molecule has 1 atom stereocenters. The molecule has 0 aliphatic heterocycles. The highest BCUT2D eigenvalue weighted by Crippen LogP contribution is 2.31. The third-order valence-corrected chi connectivity index (χ3v) is 1.99. The van der Waals surface area contributed by atoms with Crippen LogP contribution >= 0.6 is 0 Å². The van der Waals surface area contributed by atoms with E-state index >= 15 is 0 Å². The zero-order valence-electron chi connectivity index (χ0n) is 6.77. The van der Waals surface area contributed by atoms with Gasteiger partial charge in [-0.05, 0) is 0 Å². The lowest BCUT2D eigenvalue weighted by atomic mass is 9.79. The van der Waals surface area contributed by atoms with E-state index in [1.807, 2.05) is 0 Å². The largest absolute Gasteiger partial charge is 0.481 e. The molecule has 0 aromatic heterocycles. The van der Waals surface area contributed by atoms with E-state index < -0.39 is 44.0 Å². The number of halogens is 4. The summed E-state index contributed by atoms with van der Waals surface area (Å²) in [5.41, 5.74) is -2.36. The van der Waals surface area contributed by atoms with Gasteiger partial charge in [0.15, 0.2) is 0 Å². The average molecular weight is 202 g/mol. The molecular formula is C7H10F4O2. The van der Waals surface area contributed by atoms with E-state index in [9.17, 15) is 22.4 Å². The molecule has 0 aromatic carbocycles. The highest BCUT2D eigenvalue weighted by Gasteiger charge is 2.44. The van der Waals surface area contributed by atoms with Gasteiger partial charge in [0.05, 0.1) is 11.3 Å². The second kappa shape index (κ2) is 5.04. The highest BCUT2D eigenvalue weighted by atomic mass is 19.2. The molecule has 6 heteroatoms. The lowest BCUT2D eigenvalue weighted by molar-refractivity contribution is -0.150. The van der Waals surface area contributed by atoms with Crippen LogP contribution in [0.1, 0.15) is 0 Å². The van der Waals surface area contributed by atoms with Crippen molar-refractivity contribution in [2.24, 2.45) is 11.3 Å². The minimum Gasteiger partial charge on any atom is -0.481 e. The molecule has 0 spiro atoms.